The molecule has 1 aliphatic heterocycles. The van der Waals surface area contributed by atoms with Gasteiger partial charge in [-0.1, -0.05) is 42.5 Å². The van der Waals surface area contributed by atoms with Gasteiger partial charge >= 0.3 is 12.0 Å². The summed E-state index contributed by atoms with van der Waals surface area (Å²) in [6.45, 7) is -0.985. The molecule has 1 amide bonds. The Bertz CT molecular complexity index is 1000. The van der Waals surface area contributed by atoms with Gasteiger partial charge in [0.1, 0.15) is 17.5 Å². The average Bonchev–Trinajstić information content (AvgIpc) is 2.73. The molecule has 5 nitrogen and oxygen atoms in total. The number of rotatable bonds is 5. The summed E-state index contributed by atoms with van der Waals surface area (Å²) in [5.41, 5.74) is 0.179. The number of hydrogen-bond acceptors (Lipinski definition) is 4. The first-order valence-corrected chi connectivity index (χ1v) is 8.92. The van der Waals surface area contributed by atoms with Gasteiger partial charge in [0, 0.05) is 0 Å². The van der Waals surface area contributed by atoms with E-state index in [1.54, 1.807) is 36.4 Å². The number of alkyl halides is 2. The Labute approximate surface area is 178 Å². The molecule has 4 rings (SSSR count). The van der Waals surface area contributed by atoms with E-state index in [4.69, 9.17) is 9.47 Å². The Hall–Kier alpha value is -3.32. The maximum atomic E-state index is 14.3. The number of carbonyl (C=O) groups excluding carboxylic acids is 1. The van der Waals surface area contributed by atoms with Crippen molar-refractivity contribution in [3.63, 3.8) is 0 Å². The number of cyclic esters (lactones) is 1. The van der Waals surface area contributed by atoms with Crippen molar-refractivity contribution in [1.82, 2.24) is 5.32 Å². The van der Waals surface area contributed by atoms with Crippen LogP contribution in [-0.2, 0) is 4.74 Å². The van der Waals surface area contributed by atoms with Crippen molar-refractivity contribution in [2.75, 3.05) is 6.61 Å². The van der Waals surface area contributed by atoms with Gasteiger partial charge in [0.05, 0.1) is 0 Å². The minimum absolute atomic E-state index is 0. The normalized spacial score (nSPS) is 17.1. The fourth-order valence-electron chi connectivity index (χ4n) is 2.94. The number of amides is 1. The zero-order valence-corrected chi connectivity index (χ0v) is 16.4. The van der Waals surface area contributed by atoms with E-state index in [0.717, 1.165) is 0 Å². The Kier molecular flexibility index (Phi) is 6.42. The summed E-state index contributed by atoms with van der Waals surface area (Å²) in [5.74, 6) is -1.58. The lowest BCUT2D eigenvalue weighted by Crippen LogP contribution is -2.49. The van der Waals surface area contributed by atoms with Crippen LogP contribution in [0, 0.1) is 0 Å². The second-order valence-electron chi connectivity index (χ2n) is 6.45. The number of halogens is 3. The Balaban J connectivity index is 0.00000256. The molecule has 0 aliphatic carbocycles. The van der Waals surface area contributed by atoms with Crippen LogP contribution in [-0.4, -0.2) is 18.6 Å². The molecule has 3 aromatic carbocycles. The number of para-hydroxylation sites is 2. The van der Waals surface area contributed by atoms with E-state index in [0.29, 0.717) is 17.2 Å². The first-order chi connectivity index (χ1) is 14.0. The van der Waals surface area contributed by atoms with Gasteiger partial charge in [0.15, 0.2) is 18.1 Å². The molecule has 30 heavy (non-hydrogen) atoms. The predicted octanol–water partition coefficient (Wildman–Crippen LogP) is 6.11. The van der Waals surface area contributed by atoms with Gasteiger partial charge in [-0.2, -0.15) is 0 Å². The highest BCUT2D eigenvalue weighted by atomic mass is 35.5. The maximum absolute atomic E-state index is 14.3. The number of carbonyl (C=O) groups is 1. The molecule has 0 saturated carbocycles. The summed E-state index contributed by atoms with van der Waals surface area (Å²) < 4.78 is 44.8. The van der Waals surface area contributed by atoms with E-state index in [9.17, 15) is 13.6 Å². The molecular formula is C22H18ClF2NO4. The predicted molar refractivity (Wildman–Crippen MR) is 109 cm³/mol. The third-order valence-electron chi connectivity index (χ3n) is 4.32. The van der Waals surface area contributed by atoms with Crippen molar-refractivity contribution >= 4 is 18.5 Å². The van der Waals surface area contributed by atoms with Crippen LogP contribution in [0.1, 0.15) is 11.6 Å². The number of ether oxygens (including phenoxy) is 3. The standard InChI is InChI=1S/C22H17F2NO4.ClH/c23-22(24)14-27-21(26)25-20(22)15-11-12-18(28-16-7-3-1-4-8-16)19(13-15)29-17-9-5-2-6-10-17;/h1-13,20H,14H2,(H,25,26);1H/t20-;/m1./s1. The molecule has 156 valence electrons. The van der Waals surface area contributed by atoms with Gasteiger partial charge < -0.3 is 19.5 Å². The van der Waals surface area contributed by atoms with Crippen LogP contribution >= 0.6 is 12.4 Å². The lowest BCUT2D eigenvalue weighted by atomic mass is 9.99. The lowest BCUT2D eigenvalue weighted by molar-refractivity contribution is -0.104. The van der Waals surface area contributed by atoms with Crippen molar-refractivity contribution in [2.24, 2.45) is 0 Å². The highest BCUT2D eigenvalue weighted by Gasteiger charge is 2.47. The molecule has 1 saturated heterocycles. The van der Waals surface area contributed by atoms with Gasteiger partial charge in [-0.3, -0.25) is 0 Å². The smallest absolute Gasteiger partial charge is 0.408 e. The summed E-state index contributed by atoms with van der Waals surface area (Å²) in [6, 6.07) is 20.9. The Morgan fingerprint density at radius 1 is 0.867 bits per heavy atom. The molecule has 1 N–H and O–H groups in total. The quantitative estimate of drug-likeness (QED) is 0.527. The first-order valence-electron chi connectivity index (χ1n) is 8.92. The molecule has 3 aromatic rings. The molecule has 1 fully saturated rings. The summed E-state index contributed by atoms with van der Waals surface area (Å²) in [6.07, 6.45) is -0.893. The second-order valence-corrected chi connectivity index (χ2v) is 6.45. The fourth-order valence-corrected chi connectivity index (χ4v) is 2.94. The molecule has 1 heterocycles. The number of alkyl carbamates (subject to hydrolysis) is 1. The fraction of sp³-hybridized carbons (Fsp3) is 0.136. The summed E-state index contributed by atoms with van der Waals surface area (Å²) >= 11 is 0. The molecule has 0 radical (unpaired) electrons. The van der Waals surface area contributed by atoms with Crippen molar-refractivity contribution in [3.05, 3.63) is 84.4 Å². The third kappa shape index (κ3) is 4.80. The van der Waals surface area contributed by atoms with E-state index < -0.39 is 24.7 Å². The first kappa shape index (κ1) is 21.4. The maximum Gasteiger partial charge on any atom is 0.408 e. The van der Waals surface area contributed by atoms with Gasteiger partial charge in [-0.15, -0.1) is 12.4 Å². The van der Waals surface area contributed by atoms with E-state index in [1.807, 2.05) is 24.3 Å². The molecule has 8 heteroatoms. The van der Waals surface area contributed by atoms with Gasteiger partial charge in [0.25, 0.3) is 0 Å². The number of nitrogens with one attached hydrogen (secondary N) is 1. The van der Waals surface area contributed by atoms with Crippen LogP contribution in [0.25, 0.3) is 0 Å². The van der Waals surface area contributed by atoms with Crippen LogP contribution < -0.4 is 14.8 Å². The molecule has 0 spiro atoms. The highest BCUT2D eigenvalue weighted by Crippen LogP contribution is 2.41. The Morgan fingerprint density at radius 3 is 2.03 bits per heavy atom. The highest BCUT2D eigenvalue weighted by molar-refractivity contribution is 5.85. The minimum Gasteiger partial charge on any atom is -0.453 e. The average molecular weight is 434 g/mol. The number of hydrogen-bond donors (Lipinski definition) is 1. The monoisotopic (exact) mass is 433 g/mol. The molecule has 0 aromatic heterocycles. The topological polar surface area (TPSA) is 56.8 Å². The van der Waals surface area contributed by atoms with E-state index in [-0.39, 0.29) is 23.7 Å². The van der Waals surface area contributed by atoms with Crippen molar-refractivity contribution < 1.29 is 27.8 Å². The summed E-state index contributed by atoms with van der Waals surface area (Å²) in [5, 5.41) is 2.18. The molecule has 1 atom stereocenters. The van der Waals surface area contributed by atoms with Crippen molar-refractivity contribution in [2.45, 2.75) is 12.0 Å². The van der Waals surface area contributed by atoms with Gasteiger partial charge in [0.2, 0.25) is 0 Å². The number of benzene rings is 3. The molecule has 1 aliphatic rings. The zero-order valence-electron chi connectivity index (χ0n) is 15.6. The van der Waals surface area contributed by atoms with E-state index in [1.165, 1.54) is 18.2 Å². The molecule has 0 unspecified atom stereocenters. The van der Waals surface area contributed by atoms with E-state index in [2.05, 4.69) is 10.1 Å². The van der Waals surface area contributed by atoms with Crippen LogP contribution in [0.15, 0.2) is 78.9 Å². The van der Waals surface area contributed by atoms with E-state index >= 15 is 0 Å². The van der Waals surface area contributed by atoms with Crippen LogP contribution in [0.5, 0.6) is 23.0 Å². The molecule has 0 bridgehead atoms. The zero-order chi connectivity index (χ0) is 20.3. The minimum atomic E-state index is -3.26. The van der Waals surface area contributed by atoms with Crippen LogP contribution in [0.3, 0.4) is 0 Å². The van der Waals surface area contributed by atoms with Gasteiger partial charge in [-0.25, -0.2) is 13.6 Å². The molecular weight excluding hydrogens is 416 g/mol. The van der Waals surface area contributed by atoms with Crippen molar-refractivity contribution in [3.8, 4) is 23.0 Å². The summed E-state index contributed by atoms with van der Waals surface area (Å²) in [7, 11) is 0. The third-order valence-corrected chi connectivity index (χ3v) is 4.32. The van der Waals surface area contributed by atoms with Gasteiger partial charge in [-0.05, 0) is 42.0 Å². The largest absolute Gasteiger partial charge is 0.453 e. The van der Waals surface area contributed by atoms with Crippen LogP contribution in [0.4, 0.5) is 13.6 Å². The second kappa shape index (κ2) is 9.00. The van der Waals surface area contributed by atoms with Crippen molar-refractivity contribution in [1.29, 1.82) is 0 Å². The lowest BCUT2D eigenvalue weighted by Gasteiger charge is -2.32. The SMILES string of the molecule is Cl.O=C1N[C@H](c2ccc(Oc3ccccc3)c(Oc3ccccc3)c2)C(F)(F)CO1. The summed E-state index contributed by atoms with van der Waals surface area (Å²) in [4.78, 5) is 11.5. The Morgan fingerprint density at radius 2 is 1.43 bits per heavy atom. The van der Waals surface area contributed by atoms with Crippen LogP contribution in [0.2, 0.25) is 0 Å².